The van der Waals surface area contributed by atoms with Crippen LogP contribution < -0.4 is 4.74 Å². The van der Waals surface area contributed by atoms with Crippen molar-refractivity contribution in [2.75, 3.05) is 0 Å². The summed E-state index contributed by atoms with van der Waals surface area (Å²) < 4.78 is 19.9. The van der Waals surface area contributed by atoms with E-state index < -0.39 is 6.10 Å². The summed E-state index contributed by atoms with van der Waals surface area (Å²) in [7, 11) is 0. The van der Waals surface area contributed by atoms with Gasteiger partial charge in [0.1, 0.15) is 18.2 Å². The van der Waals surface area contributed by atoms with E-state index in [2.05, 4.69) is 15.9 Å². The van der Waals surface area contributed by atoms with Crippen LogP contribution in [-0.2, 0) is 6.61 Å². The van der Waals surface area contributed by atoms with Gasteiger partial charge in [-0.2, -0.15) is 0 Å². The van der Waals surface area contributed by atoms with Crippen LogP contribution in [0, 0.1) is 5.82 Å². The standard InChI is InChI=1S/C16H16BrFO2/c1-2-16(19)11-3-6-14(7-4-11)20-10-12-9-13(17)5-8-15(12)18/h3-9,16,19H,2,10H2,1H3/t16-/m0/s1. The van der Waals surface area contributed by atoms with Crippen LogP contribution in [0.2, 0.25) is 0 Å². The Bertz CT molecular complexity index is 569. The predicted octanol–water partition coefficient (Wildman–Crippen LogP) is 4.61. The average molecular weight is 339 g/mol. The molecular weight excluding hydrogens is 323 g/mol. The Morgan fingerprint density at radius 1 is 1.20 bits per heavy atom. The van der Waals surface area contributed by atoms with Crippen molar-refractivity contribution in [2.24, 2.45) is 0 Å². The first-order chi connectivity index (χ1) is 9.60. The van der Waals surface area contributed by atoms with Gasteiger partial charge in [-0.25, -0.2) is 4.39 Å². The van der Waals surface area contributed by atoms with Gasteiger partial charge in [0.2, 0.25) is 0 Å². The molecule has 0 heterocycles. The van der Waals surface area contributed by atoms with Crippen LogP contribution in [0.15, 0.2) is 46.9 Å². The van der Waals surface area contributed by atoms with Crippen molar-refractivity contribution in [1.29, 1.82) is 0 Å². The summed E-state index contributed by atoms with van der Waals surface area (Å²) in [5.41, 5.74) is 1.35. The molecule has 1 atom stereocenters. The summed E-state index contributed by atoms with van der Waals surface area (Å²) in [4.78, 5) is 0. The van der Waals surface area contributed by atoms with E-state index in [1.54, 1.807) is 24.3 Å². The second kappa shape index (κ2) is 6.86. The fourth-order valence-electron chi connectivity index (χ4n) is 1.84. The zero-order valence-electron chi connectivity index (χ0n) is 11.1. The van der Waals surface area contributed by atoms with Gasteiger partial charge in [0, 0.05) is 10.0 Å². The van der Waals surface area contributed by atoms with Gasteiger partial charge in [-0.3, -0.25) is 0 Å². The molecule has 0 aliphatic heterocycles. The topological polar surface area (TPSA) is 29.5 Å². The summed E-state index contributed by atoms with van der Waals surface area (Å²) in [6, 6.07) is 12.0. The van der Waals surface area contributed by atoms with Crippen molar-refractivity contribution in [3.63, 3.8) is 0 Å². The molecule has 0 aliphatic carbocycles. The monoisotopic (exact) mass is 338 g/mol. The van der Waals surface area contributed by atoms with Gasteiger partial charge in [0.15, 0.2) is 0 Å². The van der Waals surface area contributed by atoms with Crippen molar-refractivity contribution >= 4 is 15.9 Å². The van der Waals surface area contributed by atoms with Crippen LogP contribution in [0.4, 0.5) is 4.39 Å². The third kappa shape index (κ3) is 3.81. The number of rotatable bonds is 5. The molecule has 20 heavy (non-hydrogen) atoms. The van der Waals surface area contributed by atoms with Crippen LogP contribution in [0.25, 0.3) is 0 Å². The van der Waals surface area contributed by atoms with E-state index in [0.29, 0.717) is 17.7 Å². The highest BCUT2D eigenvalue weighted by Gasteiger charge is 2.06. The highest BCUT2D eigenvalue weighted by molar-refractivity contribution is 9.10. The van der Waals surface area contributed by atoms with E-state index in [1.807, 2.05) is 19.1 Å². The lowest BCUT2D eigenvalue weighted by molar-refractivity contribution is 0.173. The molecule has 0 radical (unpaired) electrons. The minimum atomic E-state index is -0.452. The third-order valence-corrected chi connectivity index (χ3v) is 3.55. The van der Waals surface area contributed by atoms with Crippen LogP contribution in [-0.4, -0.2) is 5.11 Å². The number of benzene rings is 2. The maximum absolute atomic E-state index is 13.6. The van der Waals surface area contributed by atoms with Crippen LogP contribution >= 0.6 is 15.9 Å². The summed E-state index contributed by atoms with van der Waals surface area (Å²) >= 11 is 3.31. The molecule has 2 aromatic rings. The van der Waals surface area contributed by atoms with Crippen molar-refractivity contribution in [3.8, 4) is 5.75 Å². The van der Waals surface area contributed by atoms with Gasteiger partial charge in [-0.05, 0) is 42.3 Å². The second-order valence-electron chi connectivity index (χ2n) is 4.52. The van der Waals surface area contributed by atoms with Gasteiger partial charge in [-0.1, -0.05) is 35.0 Å². The Morgan fingerprint density at radius 3 is 2.55 bits per heavy atom. The molecule has 0 spiro atoms. The zero-order chi connectivity index (χ0) is 14.5. The van der Waals surface area contributed by atoms with E-state index in [4.69, 9.17) is 4.74 Å². The number of aliphatic hydroxyl groups is 1. The molecule has 0 saturated heterocycles. The lowest BCUT2D eigenvalue weighted by atomic mass is 10.1. The van der Waals surface area contributed by atoms with Gasteiger partial charge < -0.3 is 9.84 Å². The molecule has 2 rings (SSSR count). The lowest BCUT2D eigenvalue weighted by Gasteiger charge is -2.10. The van der Waals surface area contributed by atoms with E-state index in [-0.39, 0.29) is 12.4 Å². The Kier molecular flexibility index (Phi) is 5.15. The van der Waals surface area contributed by atoms with Gasteiger partial charge in [-0.15, -0.1) is 0 Å². The molecule has 0 fully saturated rings. The fraction of sp³-hybridized carbons (Fsp3) is 0.250. The zero-order valence-corrected chi connectivity index (χ0v) is 12.7. The molecule has 2 aromatic carbocycles. The molecule has 1 N–H and O–H groups in total. The summed E-state index contributed by atoms with van der Waals surface area (Å²) in [6.07, 6.45) is 0.218. The third-order valence-electron chi connectivity index (χ3n) is 3.05. The SMILES string of the molecule is CC[C@H](O)c1ccc(OCc2cc(Br)ccc2F)cc1. The number of ether oxygens (including phenoxy) is 1. The largest absolute Gasteiger partial charge is 0.489 e. The highest BCUT2D eigenvalue weighted by Crippen LogP contribution is 2.22. The molecule has 0 aliphatic rings. The first kappa shape index (κ1) is 15.0. The average Bonchev–Trinajstić information content (AvgIpc) is 2.48. The second-order valence-corrected chi connectivity index (χ2v) is 5.43. The molecule has 4 heteroatoms. The first-order valence-electron chi connectivity index (χ1n) is 6.45. The summed E-state index contributed by atoms with van der Waals surface area (Å²) in [5.74, 6) is 0.364. The predicted molar refractivity (Wildman–Crippen MR) is 80.1 cm³/mol. The molecule has 106 valence electrons. The van der Waals surface area contributed by atoms with Crippen molar-refractivity contribution in [2.45, 2.75) is 26.1 Å². The Labute approximate surface area is 126 Å². The van der Waals surface area contributed by atoms with Crippen molar-refractivity contribution in [1.82, 2.24) is 0 Å². The Balaban J connectivity index is 2.02. The molecule has 0 unspecified atom stereocenters. The molecule has 0 bridgehead atoms. The van der Waals surface area contributed by atoms with Crippen LogP contribution in [0.3, 0.4) is 0 Å². The van der Waals surface area contributed by atoms with Gasteiger partial charge in [0.25, 0.3) is 0 Å². The Hall–Kier alpha value is -1.39. The minimum absolute atomic E-state index is 0.168. The molecule has 0 amide bonds. The smallest absolute Gasteiger partial charge is 0.129 e. The van der Waals surface area contributed by atoms with Gasteiger partial charge in [0.05, 0.1) is 6.10 Å². The van der Waals surface area contributed by atoms with Crippen molar-refractivity contribution < 1.29 is 14.2 Å². The normalized spacial score (nSPS) is 12.2. The van der Waals surface area contributed by atoms with E-state index in [0.717, 1.165) is 10.0 Å². The molecule has 0 aromatic heterocycles. The maximum atomic E-state index is 13.6. The van der Waals surface area contributed by atoms with Crippen LogP contribution in [0.1, 0.15) is 30.6 Å². The summed E-state index contributed by atoms with van der Waals surface area (Å²) in [6.45, 7) is 2.09. The van der Waals surface area contributed by atoms with Crippen LogP contribution in [0.5, 0.6) is 5.75 Å². The number of hydrogen-bond donors (Lipinski definition) is 1. The van der Waals surface area contributed by atoms with E-state index in [1.165, 1.54) is 6.07 Å². The first-order valence-corrected chi connectivity index (χ1v) is 7.24. The quantitative estimate of drug-likeness (QED) is 0.862. The number of halogens is 2. The fourth-order valence-corrected chi connectivity index (χ4v) is 2.25. The summed E-state index contributed by atoms with van der Waals surface area (Å²) in [5, 5.41) is 9.70. The maximum Gasteiger partial charge on any atom is 0.129 e. The lowest BCUT2D eigenvalue weighted by Crippen LogP contribution is -1.99. The molecule has 0 saturated carbocycles. The van der Waals surface area contributed by atoms with Gasteiger partial charge >= 0.3 is 0 Å². The van der Waals surface area contributed by atoms with E-state index in [9.17, 15) is 9.50 Å². The highest BCUT2D eigenvalue weighted by atomic mass is 79.9. The molecule has 2 nitrogen and oxygen atoms in total. The number of hydrogen-bond acceptors (Lipinski definition) is 2. The minimum Gasteiger partial charge on any atom is -0.489 e. The molecular formula is C16H16BrFO2. The van der Waals surface area contributed by atoms with Crippen molar-refractivity contribution in [3.05, 3.63) is 63.9 Å². The number of aliphatic hydroxyl groups excluding tert-OH is 1. The van der Waals surface area contributed by atoms with E-state index >= 15 is 0 Å². The Morgan fingerprint density at radius 2 is 1.90 bits per heavy atom.